The Morgan fingerprint density at radius 2 is 1.89 bits per heavy atom. The molecule has 1 unspecified atom stereocenters. The SMILES string of the molecule is CCc1[nH]nc2cc(C3C(C#N)=C(C)NC(c4ccc(F)cc4)=C3C#N)sc12. The first-order chi connectivity index (χ1) is 13.6. The van der Waals surface area contributed by atoms with E-state index in [-0.39, 0.29) is 5.82 Å². The van der Waals surface area contributed by atoms with Crippen LogP contribution >= 0.6 is 11.3 Å². The maximum Gasteiger partial charge on any atom is 0.123 e. The average Bonchev–Trinajstić information content (AvgIpc) is 3.28. The van der Waals surface area contributed by atoms with E-state index in [2.05, 4.69) is 34.6 Å². The van der Waals surface area contributed by atoms with Crippen LogP contribution in [-0.2, 0) is 6.42 Å². The summed E-state index contributed by atoms with van der Waals surface area (Å²) >= 11 is 1.55. The van der Waals surface area contributed by atoms with Crippen LogP contribution in [0.1, 0.15) is 35.9 Å². The minimum absolute atomic E-state index is 0.341. The zero-order valence-corrected chi connectivity index (χ0v) is 16.1. The minimum atomic E-state index is -0.472. The largest absolute Gasteiger partial charge is 0.357 e. The first-order valence-electron chi connectivity index (χ1n) is 8.82. The van der Waals surface area contributed by atoms with E-state index in [0.717, 1.165) is 27.2 Å². The molecule has 138 valence electrons. The molecule has 2 N–H and O–H groups in total. The highest BCUT2D eigenvalue weighted by molar-refractivity contribution is 7.19. The van der Waals surface area contributed by atoms with Gasteiger partial charge in [-0.15, -0.1) is 11.3 Å². The topological polar surface area (TPSA) is 88.3 Å². The molecule has 0 saturated heterocycles. The molecule has 1 atom stereocenters. The highest BCUT2D eigenvalue weighted by Crippen LogP contribution is 2.44. The number of nitriles is 2. The second-order valence-electron chi connectivity index (χ2n) is 6.53. The molecule has 0 amide bonds. The number of fused-ring (bicyclic) bond motifs is 1. The van der Waals surface area contributed by atoms with E-state index in [0.29, 0.717) is 28.1 Å². The number of dihydropyridines is 1. The number of allylic oxidation sites excluding steroid dienone is 3. The first-order valence-corrected chi connectivity index (χ1v) is 9.63. The summed E-state index contributed by atoms with van der Waals surface area (Å²) in [6.07, 6.45) is 0.824. The summed E-state index contributed by atoms with van der Waals surface area (Å²) in [7, 11) is 0. The highest BCUT2D eigenvalue weighted by Gasteiger charge is 2.33. The Kier molecular flexibility index (Phi) is 4.46. The van der Waals surface area contributed by atoms with Crippen LogP contribution in [0.3, 0.4) is 0 Å². The Balaban J connectivity index is 1.92. The molecule has 3 aromatic rings. The zero-order chi connectivity index (χ0) is 19.8. The van der Waals surface area contributed by atoms with Crippen LogP contribution in [-0.4, -0.2) is 10.2 Å². The van der Waals surface area contributed by atoms with Gasteiger partial charge in [-0.2, -0.15) is 15.6 Å². The van der Waals surface area contributed by atoms with Crippen LogP contribution in [0.5, 0.6) is 0 Å². The third-order valence-electron chi connectivity index (χ3n) is 4.89. The van der Waals surface area contributed by atoms with Gasteiger partial charge in [0, 0.05) is 10.6 Å². The van der Waals surface area contributed by atoms with Crippen LogP contribution in [0, 0.1) is 28.5 Å². The average molecular weight is 389 g/mol. The monoisotopic (exact) mass is 389 g/mol. The Hall–Kier alpha value is -3.42. The zero-order valence-electron chi connectivity index (χ0n) is 15.3. The van der Waals surface area contributed by atoms with E-state index < -0.39 is 5.92 Å². The number of H-pyrrole nitrogens is 1. The van der Waals surface area contributed by atoms with Crippen molar-refractivity contribution in [1.29, 1.82) is 10.5 Å². The van der Waals surface area contributed by atoms with E-state index in [1.54, 1.807) is 23.5 Å². The third-order valence-corrected chi connectivity index (χ3v) is 6.14. The minimum Gasteiger partial charge on any atom is -0.357 e. The van der Waals surface area contributed by atoms with Gasteiger partial charge in [-0.05, 0) is 49.2 Å². The lowest BCUT2D eigenvalue weighted by Crippen LogP contribution is -2.23. The number of hydrogen-bond acceptors (Lipinski definition) is 5. The molecule has 3 heterocycles. The predicted molar refractivity (Wildman–Crippen MR) is 106 cm³/mol. The number of rotatable bonds is 3. The van der Waals surface area contributed by atoms with Crippen molar-refractivity contribution < 1.29 is 4.39 Å². The Labute approximate surface area is 165 Å². The number of hydrogen-bond donors (Lipinski definition) is 2. The molecule has 7 heteroatoms. The molecular formula is C21H16FN5S. The molecule has 5 nitrogen and oxygen atoms in total. The van der Waals surface area contributed by atoms with Crippen molar-refractivity contribution in [1.82, 2.24) is 15.5 Å². The molecular weight excluding hydrogens is 373 g/mol. The number of benzene rings is 1. The van der Waals surface area contributed by atoms with Crippen LogP contribution < -0.4 is 5.32 Å². The van der Waals surface area contributed by atoms with Crippen molar-refractivity contribution in [3.63, 3.8) is 0 Å². The number of thiophene rings is 1. The summed E-state index contributed by atoms with van der Waals surface area (Å²) in [5.41, 5.74) is 4.83. The quantitative estimate of drug-likeness (QED) is 0.677. The van der Waals surface area contributed by atoms with Crippen molar-refractivity contribution >= 4 is 27.3 Å². The van der Waals surface area contributed by atoms with Crippen LogP contribution in [0.4, 0.5) is 4.39 Å². The molecule has 1 aliphatic rings. The molecule has 4 rings (SSSR count). The summed E-state index contributed by atoms with van der Waals surface area (Å²) in [6, 6.07) is 12.5. The summed E-state index contributed by atoms with van der Waals surface area (Å²) in [6.45, 7) is 3.87. The van der Waals surface area contributed by atoms with Crippen molar-refractivity contribution in [3.8, 4) is 12.1 Å². The summed E-state index contributed by atoms with van der Waals surface area (Å²) in [4.78, 5) is 0.898. The number of nitrogens with one attached hydrogen (secondary N) is 2. The predicted octanol–water partition coefficient (Wildman–Crippen LogP) is 4.75. The van der Waals surface area contributed by atoms with Gasteiger partial charge < -0.3 is 5.32 Å². The lowest BCUT2D eigenvalue weighted by molar-refractivity contribution is 0.627. The third kappa shape index (κ3) is 2.77. The Bertz CT molecular complexity index is 1210. The van der Waals surface area contributed by atoms with Gasteiger partial charge in [0.2, 0.25) is 0 Å². The molecule has 1 aliphatic heterocycles. The van der Waals surface area contributed by atoms with E-state index >= 15 is 0 Å². The maximum absolute atomic E-state index is 13.4. The van der Waals surface area contributed by atoms with E-state index in [1.807, 2.05) is 13.0 Å². The molecule has 0 bridgehead atoms. The van der Waals surface area contributed by atoms with Gasteiger partial charge >= 0.3 is 0 Å². The van der Waals surface area contributed by atoms with Gasteiger partial charge in [0.1, 0.15) is 11.3 Å². The molecule has 28 heavy (non-hydrogen) atoms. The smallest absolute Gasteiger partial charge is 0.123 e. The fraction of sp³-hybridized carbons (Fsp3) is 0.190. The van der Waals surface area contributed by atoms with Crippen LogP contribution in [0.2, 0.25) is 0 Å². The molecule has 0 saturated carbocycles. The van der Waals surface area contributed by atoms with Crippen molar-refractivity contribution in [3.05, 3.63) is 69.1 Å². The van der Waals surface area contributed by atoms with Crippen LogP contribution in [0.15, 0.2) is 47.2 Å². The fourth-order valence-corrected chi connectivity index (χ4v) is 4.77. The number of nitrogens with zero attached hydrogens (tertiary/aromatic N) is 3. The molecule has 1 aromatic carbocycles. The number of halogens is 1. The molecule has 0 spiro atoms. The number of aromatic nitrogens is 2. The van der Waals surface area contributed by atoms with Crippen molar-refractivity contribution in [2.45, 2.75) is 26.2 Å². The van der Waals surface area contributed by atoms with Crippen LogP contribution in [0.25, 0.3) is 15.9 Å². The van der Waals surface area contributed by atoms with Gasteiger partial charge in [-0.1, -0.05) is 6.92 Å². The Morgan fingerprint density at radius 3 is 2.54 bits per heavy atom. The van der Waals surface area contributed by atoms with E-state index in [1.165, 1.54) is 12.1 Å². The summed E-state index contributed by atoms with van der Waals surface area (Å²) in [5.74, 6) is -0.813. The standard InChI is InChI=1S/C21H16FN5S/c1-3-16-21-17(27-26-16)8-18(28-21)19-14(9-23)11(2)25-20(15(19)10-24)12-4-6-13(22)7-5-12/h4-8,19,25H,3H2,1-2H3,(H,26,27). The summed E-state index contributed by atoms with van der Waals surface area (Å²) < 4.78 is 14.4. The van der Waals surface area contributed by atoms with Gasteiger partial charge in [-0.3, -0.25) is 5.10 Å². The molecule has 0 aliphatic carbocycles. The normalized spacial score (nSPS) is 16.8. The van der Waals surface area contributed by atoms with Gasteiger partial charge in [0.05, 0.1) is 45.3 Å². The van der Waals surface area contributed by atoms with Gasteiger partial charge in [0.25, 0.3) is 0 Å². The fourth-order valence-electron chi connectivity index (χ4n) is 3.48. The molecule has 2 aromatic heterocycles. The van der Waals surface area contributed by atoms with Gasteiger partial charge in [0.15, 0.2) is 0 Å². The summed E-state index contributed by atoms with van der Waals surface area (Å²) in [5, 5.41) is 30.3. The lowest BCUT2D eigenvalue weighted by Gasteiger charge is -2.27. The molecule has 0 radical (unpaired) electrons. The van der Waals surface area contributed by atoms with Crippen molar-refractivity contribution in [2.75, 3.05) is 0 Å². The first kappa shape index (κ1) is 18.0. The lowest BCUT2D eigenvalue weighted by atomic mass is 9.84. The highest BCUT2D eigenvalue weighted by atomic mass is 32.1. The second kappa shape index (κ2) is 6.95. The number of aryl methyl sites for hydroxylation is 1. The van der Waals surface area contributed by atoms with Crippen molar-refractivity contribution in [2.24, 2.45) is 0 Å². The van der Waals surface area contributed by atoms with E-state index in [9.17, 15) is 14.9 Å². The van der Waals surface area contributed by atoms with Gasteiger partial charge in [-0.25, -0.2) is 4.39 Å². The van der Waals surface area contributed by atoms with E-state index in [4.69, 9.17) is 0 Å². The second-order valence-corrected chi connectivity index (χ2v) is 7.62. The number of aromatic amines is 1. The molecule has 0 fully saturated rings. The Morgan fingerprint density at radius 1 is 1.18 bits per heavy atom. The maximum atomic E-state index is 13.4.